The third-order valence-electron chi connectivity index (χ3n) is 1.66. The summed E-state index contributed by atoms with van der Waals surface area (Å²) in [6.45, 7) is 4.29. The Kier molecular flexibility index (Phi) is 7.99. The fourth-order valence-corrected chi connectivity index (χ4v) is 4.37. The summed E-state index contributed by atoms with van der Waals surface area (Å²) in [4.78, 5) is 0.869. The molecular weight excluding hydrogens is 416 g/mol. The lowest BCUT2D eigenvalue weighted by Crippen LogP contribution is -2.10. The van der Waals surface area contributed by atoms with Crippen LogP contribution < -0.4 is 0 Å². The van der Waals surface area contributed by atoms with Crippen LogP contribution in [0.25, 0.3) is 0 Å². The highest BCUT2D eigenvalue weighted by molar-refractivity contribution is 9.10. The molecule has 4 heteroatoms. The second-order valence-corrected chi connectivity index (χ2v) is 6.42. The van der Waals surface area contributed by atoms with E-state index in [4.69, 9.17) is 0 Å². The third-order valence-corrected chi connectivity index (χ3v) is 3.97. The standard InChI is InChI=1S/C8H12Br4/c1-5(11)7(3-9)8(4-10)6(2)12/h5-6H,3-4H2,1-2H3. The number of hydrogen-bond acceptors (Lipinski definition) is 0. The molecule has 0 saturated heterocycles. The molecule has 0 amide bonds. The molecule has 0 nitrogen and oxygen atoms in total. The molecule has 0 rings (SSSR count). The largest absolute Gasteiger partial charge is 0.0879 e. The monoisotopic (exact) mass is 424 g/mol. The fraction of sp³-hybridized carbons (Fsp3) is 0.750. The molecule has 0 aliphatic heterocycles. The van der Waals surface area contributed by atoms with E-state index < -0.39 is 0 Å². The molecule has 0 heterocycles. The second-order valence-electron chi connectivity index (χ2n) is 2.55. The summed E-state index contributed by atoms with van der Waals surface area (Å²) < 4.78 is 0. The Morgan fingerprint density at radius 3 is 1.25 bits per heavy atom. The number of allylic oxidation sites excluding steroid dienone is 2. The van der Waals surface area contributed by atoms with Gasteiger partial charge < -0.3 is 0 Å². The Morgan fingerprint density at radius 1 is 0.917 bits per heavy atom. The summed E-state index contributed by atoms with van der Waals surface area (Å²) in [5.74, 6) is 0. The molecule has 0 saturated carbocycles. The minimum atomic E-state index is 0.435. The van der Waals surface area contributed by atoms with Crippen molar-refractivity contribution in [1.82, 2.24) is 0 Å². The third kappa shape index (κ3) is 4.25. The van der Waals surface area contributed by atoms with Gasteiger partial charge in [0.25, 0.3) is 0 Å². The van der Waals surface area contributed by atoms with Gasteiger partial charge in [-0.1, -0.05) is 63.7 Å². The molecule has 0 aliphatic carbocycles. The molecule has 0 aromatic rings. The normalized spacial score (nSPS) is 18.5. The summed E-state index contributed by atoms with van der Waals surface area (Å²) in [6, 6.07) is 0. The van der Waals surface area contributed by atoms with Gasteiger partial charge in [0.1, 0.15) is 0 Å². The molecule has 0 aromatic heterocycles. The highest BCUT2D eigenvalue weighted by atomic mass is 79.9. The van der Waals surface area contributed by atoms with Crippen LogP contribution in [0.3, 0.4) is 0 Å². The van der Waals surface area contributed by atoms with Crippen LogP contribution in [-0.4, -0.2) is 20.3 Å². The van der Waals surface area contributed by atoms with Crippen LogP contribution in [0.15, 0.2) is 11.1 Å². The van der Waals surface area contributed by atoms with Crippen LogP contribution in [-0.2, 0) is 0 Å². The maximum absolute atomic E-state index is 3.58. The number of hydrogen-bond donors (Lipinski definition) is 0. The molecule has 12 heavy (non-hydrogen) atoms. The summed E-state index contributed by atoms with van der Waals surface area (Å²) in [5, 5.41) is 1.85. The number of alkyl halides is 4. The van der Waals surface area contributed by atoms with Crippen LogP contribution in [0.2, 0.25) is 0 Å². The Labute approximate surface area is 108 Å². The predicted octanol–water partition coefficient (Wildman–Crippen LogP) is 4.64. The Hall–Kier alpha value is 1.66. The SMILES string of the molecule is CC(Br)C(CBr)=C(CBr)C(C)Br. The molecule has 0 bridgehead atoms. The van der Waals surface area contributed by atoms with Gasteiger partial charge in [0, 0.05) is 20.3 Å². The zero-order chi connectivity index (χ0) is 9.72. The number of rotatable bonds is 4. The molecule has 0 aromatic carbocycles. The zero-order valence-electron chi connectivity index (χ0n) is 7.08. The van der Waals surface area contributed by atoms with E-state index in [9.17, 15) is 0 Å². The van der Waals surface area contributed by atoms with Crippen molar-refractivity contribution in [2.45, 2.75) is 23.5 Å². The van der Waals surface area contributed by atoms with E-state index in [0.717, 1.165) is 10.7 Å². The maximum atomic E-state index is 3.58. The quantitative estimate of drug-likeness (QED) is 0.453. The molecule has 0 N–H and O–H groups in total. The Balaban J connectivity index is 4.74. The van der Waals surface area contributed by atoms with Gasteiger partial charge in [-0.15, -0.1) is 0 Å². The lowest BCUT2D eigenvalue weighted by atomic mass is 10.1. The van der Waals surface area contributed by atoms with Crippen molar-refractivity contribution in [3.63, 3.8) is 0 Å². The van der Waals surface area contributed by atoms with E-state index in [1.54, 1.807) is 0 Å². The first-order valence-corrected chi connectivity index (χ1v) is 7.73. The van der Waals surface area contributed by atoms with Gasteiger partial charge >= 0.3 is 0 Å². The average Bonchev–Trinajstić information content (AvgIpc) is 1.98. The van der Waals surface area contributed by atoms with E-state index in [-0.39, 0.29) is 0 Å². The lowest BCUT2D eigenvalue weighted by Gasteiger charge is -2.15. The van der Waals surface area contributed by atoms with Crippen molar-refractivity contribution in [2.24, 2.45) is 0 Å². The molecule has 2 atom stereocenters. The highest BCUT2D eigenvalue weighted by Crippen LogP contribution is 2.25. The van der Waals surface area contributed by atoms with Crippen molar-refractivity contribution in [3.05, 3.63) is 11.1 Å². The topological polar surface area (TPSA) is 0 Å². The minimum Gasteiger partial charge on any atom is -0.0879 e. The van der Waals surface area contributed by atoms with Gasteiger partial charge in [-0.2, -0.15) is 0 Å². The predicted molar refractivity (Wildman–Crippen MR) is 71.4 cm³/mol. The first-order chi connectivity index (χ1) is 5.54. The van der Waals surface area contributed by atoms with E-state index in [1.807, 2.05) is 0 Å². The summed E-state index contributed by atoms with van der Waals surface area (Å²) in [7, 11) is 0. The van der Waals surface area contributed by atoms with Gasteiger partial charge in [0.15, 0.2) is 0 Å². The van der Waals surface area contributed by atoms with Gasteiger partial charge in [0.05, 0.1) is 0 Å². The van der Waals surface area contributed by atoms with Crippen LogP contribution in [0.4, 0.5) is 0 Å². The molecule has 0 radical (unpaired) electrons. The molecule has 2 unspecified atom stereocenters. The maximum Gasteiger partial charge on any atom is 0.0338 e. The Morgan fingerprint density at radius 2 is 1.17 bits per heavy atom. The van der Waals surface area contributed by atoms with E-state index in [1.165, 1.54) is 11.1 Å². The first kappa shape index (κ1) is 13.7. The van der Waals surface area contributed by atoms with Crippen LogP contribution in [0, 0.1) is 0 Å². The van der Waals surface area contributed by atoms with Crippen LogP contribution in [0.5, 0.6) is 0 Å². The molecule has 0 fully saturated rings. The molecular formula is C8H12Br4. The van der Waals surface area contributed by atoms with Crippen molar-refractivity contribution in [3.8, 4) is 0 Å². The molecule has 72 valence electrons. The van der Waals surface area contributed by atoms with E-state index in [0.29, 0.717) is 9.65 Å². The fourth-order valence-electron chi connectivity index (χ4n) is 0.895. The van der Waals surface area contributed by atoms with E-state index >= 15 is 0 Å². The van der Waals surface area contributed by atoms with Gasteiger partial charge in [0.2, 0.25) is 0 Å². The first-order valence-electron chi connectivity index (χ1n) is 3.66. The summed E-state index contributed by atoms with van der Waals surface area (Å²) in [6.07, 6.45) is 0. The molecule has 0 aliphatic rings. The van der Waals surface area contributed by atoms with Gasteiger partial charge in [-0.05, 0) is 25.0 Å². The highest BCUT2D eigenvalue weighted by Gasteiger charge is 2.13. The smallest absolute Gasteiger partial charge is 0.0338 e. The zero-order valence-corrected chi connectivity index (χ0v) is 13.4. The average molecular weight is 428 g/mol. The van der Waals surface area contributed by atoms with Crippen molar-refractivity contribution >= 4 is 63.7 Å². The lowest BCUT2D eigenvalue weighted by molar-refractivity contribution is 1.04. The van der Waals surface area contributed by atoms with Crippen molar-refractivity contribution in [2.75, 3.05) is 10.7 Å². The van der Waals surface area contributed by atoms with E-state index in [2.05, 4.69) is 77.6 Å². The summed E-state index contributed by atoms with van der Waals surface area (Å²) >= 11 is 14.2. The number of halogens is 4. The van der Waals surface area contributed by atoms with Gasteiger partial charge in [-0.3, -0.25) is 0 Å². The summed E-state index contributed by atoms with van der Waals surface area (Å²) in [5.41, 5.74) is 2.83. The second kappa shape index (κ2) is 7.02. The van der Waals surface area contributed by atoms with Crippen LogP contribution >= 0.6 is 63.7 Å². The van der Waals surface area contributed by atoms with Crippen molar-refractivity contribution in [1.29, 1.82) is 0 Å². The minimum absolute atomic E-state index is 0.435. The van der Waals surface area contributed by atoms with Gasteiger partial charge in [-0.25, -0.2) is 0 Å². The molecule has 0 spiro atoms. The van der Waals surface area contributed by atoms with Crippen molar-refractivity contribution < 1.29 is 0 Å². The van der Waals surface area contributed by atoms with Crippen LogP contribution in [0.1, 0.15) is 13.8 Å². The Bertz CT molecular complexity index is 142.